The molecule has 0 spiro atoms. The molecule has 142 heavy (non-hydrogen) atoms. The van der Waals surface area contributed by atoms with Crippen LogP contribution in [0.1, 0.15) is 150 Å². The Labute approximate surface area is 798 Å². The lowest BCUT2D eigenvalue weighted by molar-refractivity contribution is -0.136. The Balaban J connectivity index is 0.000000118. The number of nitriles is 1. The van der Waals surface area contributed by atoms with Crippen LogP contribution in [0.15, 0.2) is 167 Å². The maximum Gasteiger partial charge on any atom is 0.263 e. The Morgan fingerprint density at radius 3 is 1.13 bits per heavy atom. The Kier molecular flexibility index (Phi) is 25.9. The molecular formula is C91H85F5N38O8. The minimum absolute atomic E-state index is 0.0181. The summed E-state index contributed by atoms with van der Waals surface area (Å²) in [7, 11) is 5.39. The second-order valence-electron chi connectivity index (χ2n) is 34.0. The first-order valence-electron chi connectivity index (χ1n) is 44.2. The minimum atomic E-state index is -0.812. The van der Waals surface area contributed by atoms with Crippen LogP contribution in [0.25, 0.3) is 50.4 Å². The van der Waals surface area contributed by atoms with Crippen LogP contribution < -0.4 is 55.3 Å². The van der Waals surface area contributed by atoms with Gasteiger partial charge in [-0.2, -0.15) is 5.26 Å². The molecule has 2 aliphatic carbocycles. The number of hydrogen-bond acceptors (Lipinski definition) is 31. The number of fused-ring (bicyclic) bond motifs is 6. The fraction of sp³-hybridized carbons (Fsp3) is 0.253. The van der Waals surface area contributed by atoms with Crippen LogP contribution in [-0.4, -0.2) is 219 Å². The molecule has 0 bridgehead atoms. The van der Waals surface area contributed by atoms with E-state index in [4.69, 9.17) is 28.7 Å². The van der Waals surface area contributed by atoms with E-state index in [2.05, 4.69) is 118 Å². The third-order valence-electron chi connectivity index (χ3n) is 24.8. The zero-order chi connectivity index (χ0) is 99.6. The zero-order valence-electron chi connectivity index (χ0n) is 75.6. The van der Waals surface area contributed by atoms with E-state index in [1.807, 2.05) is 40.9 Å². The van der Waals surface area contributed by atoms with Crippen molar-refractivity contribution in [2.75, 3.05) is 95.0 Å². The van der Waals surface area contributed by atoms with Gasteiger partial charge in [0.05, 0.1) is 151 Å². The number of rotatable bonds is 16. The number of hydrogen-bond donors (Lipinski definition) is 10. The highest BCUT2D eigenvalue weighted by molar-refractivity contribution is 6.16. The monoisotopic (exact) mass is 1930 g/mol. The fourth-order valence-corrected chi connectivity index (χ4v) is 17.2. The maximum absolute atomic E-state index is 13.4. The van der Waals surface area contributed by atoms with E-state index >= 15 is 0 Å². The van der Waals surface area contributed by atoms with Gasteiger partial charge in [0.1, 0.15) is 33.2 Å². The van der Waals surface area contributed by atoms with E-state index in [0.29, 0.717) is 105 Å². The maximum atomic E-state index is 13.4. The van der Waals surface area contributed by atoms with Gasteiger partial charge < -0.3 is 74.5 Å². The average molecular weight is 1930 g/mol. The van der Waals surface area contributed by atoms with Gasteiger partial charge in [0.15, 0.2) is 86.4 Å². The molecule has 22 rings (SSSR count). The predicted molar refractivity (Wildman–Crippen MR) is 501 cm³/mol. The lowest BCUT2D eigenvalue weighted by Crippen LogP contribution is -2.42. The molecule has 1 atom stereocenters. The molecule has 5 fully saturated rings. The summed E-state index contributed by atoms with van der Waals surface area (Å²) in [5.41, 5.74) is 37.1. The fourth-order valence-electron chi connectivity index (χ4n) is 17.2. The molecule has 51 heteroatoms. The van der Waals surface area contributed by atoms with Gasteiger partial charge in [0, 0.05) is 108 Å². The summed E-state index contributed by atoms with van der Waals surface area (Å²) in [6.45, 7) is 3.19. The first kappa shape index (κ1) is 93.8. The number of aryl methyl sites for hydroxylation is 2. The lowest BCUT2D eigenvalue weighted by Gasteiger charge is -2.34. The molecular weight excluding hydrogens is 1850 g/mol. The number of carbonyl (C=O) groups is 8. The Morgan fingerprint density at radius 2 is 0.768 bits per heavy atom. The van der Waals surface area contributed by atoms with E-state index in [0.717, 1.165) is 144 Å². The predicted octanol–water partition coefficient (Wildman–Crippen LogP) is 8.24. The Morgan fingerprint density at radius 1 is 0.415 bits per heavy atom. The van der Waals surface area contributed by atoms with Crippen molar-refractivity contribution in [1.82, 2.24) is 132 Å². The topological polar surface area (TPSA) is 611 Å². The summed E-state index contributed by atoms with van der Waals surface area (Å²) in [6.07, 6.45) is 37.5. The number of anilines is 10. The van der Waals surface area contributed by atoms with Gasteiger partial charge in [-0.05, 0) is 123 Å². The molecule has 8 amide bonds. The third-order valence-corrected chi connectivity index (χ3v) is 24.8. The number of piperidine rings is 3. The van der Waals surface area contributed by atoms with Crippen molar-refractivity contribution in [3.63, 3.8) is 0 Å². The minimum Gasteiger partial charge on any atom is -0.381 e. The molecule has 2 saturated carbocycles. The smallest absolute Gasteiger partial charge is 0.263 e. The molecule has 5 aliphatic rings. The first-order chi connectivity index (χ1) is 68.4. The van der Waals surface area contributed by atoms with Crippen LogP contribution >= 0.6 is 0 Å². The molecule has 3 saturated heterocycles. The van der Waals surface area contributed by atoms with Crippen LogP contribution in [0, 0.1) is 51.8 Å². The van der Waals surface area contributed by atoms with E-state index in [1.54, 1.807) is 96.5 Å². The van der Waals surface area contributed by atoms with E-state index in [-0.39, 0.29) is 127 Å². The molecule has 17 aromatic rings. The number of pyridine rings is 5. The molecule has 3 aliphatic heterocycles. The van der Waals surface area contributed by atoms with E-state index in [1.165, 1.54) is 12.4 Å². The normalized spacial score (nSPS) is 15.1. The molecule has 722 valence electrons. The number of aromatic nitrogens is 24. The molecule has 15 N–H and O–H groups in total. The summed E-state index contributed by atoms with van der Waals surface area (Å²) in [6, 6.07) is 11.3. The highest BCUT2D eigenvalue weighted by atomic mass is 19.1. The van der Waals surface area contributed by atoms with Crippen molar-refractivity contribution in [2.24, 2.45) is 25.4 Å². The molecule has 17 aromatic heterocycles. The van der Waals surface area contributed by atoms with Crippen molar-refractivity contribution < 1.29 is 60.3 Å². The van der Waals surface area contributed by atoms with Crippen LogP contribution in [0.3, 0.4) is 0 Å². The number of halogens is 5. The first-order valence-corrected chi connectivity index (χ1v) is 44.2. The summed E-state index contributed by atoms with van der Waals surface area (Å²) in [5.74, 6) is -4.96. The Hall–Kier alpha value is -18.6. The standard InChI is InChI=1S/C22H21FN8O2.C21H22FN7O2.C18H18FN7O2.C15H12FN9O.C15H12FN7O/c23-14-9-27-19-17(18(25)29-31(19)11-14)20(32)28-16-10-26-6-1-15(16)13-2-7-30(8-3-13)21(33)22(12-24)4-5-22;22-14-9-25-19-17(18(23)27-29(19)11-14)20(30)26-16-10-24-6-3-15(16)12-4-7-28(8-5-12)21(31)13-1-2-13;1-25-5-3-10(6-14(25)27)12-2-4-21-8-13(12)23-18(28)15-16(20)24-26-9-11(19)7-22-17(15)26;1-24-11(6-20-23-24)9-2-3-18-5-10(9)21-15(26)12-13(17)22-25-7-8(16)4-19-14(12)25;1-22-3-2-9-10(5-18-6-11(9)22)20-15(24)12-13(17)21-23-7-8(16)4-19-14(12)23/h1,6,9-11,13H,2-5,7-8H2,(H2,25,29)(H,28,32);3,6,9-13H,1-2,4-5,7-8H2,(H2,23,27)(H,26,30);2,4,7-10H,3,5-6H2,1H3,(H2,20,24)(H,23,28);2-7H,1H3,(H2,17,22)(H,21,26);2-7H,1H3,(H2,17,21)(H,20,24). The highest BCUT2D eigenvalue weighted by Gasteiger charge is 2.53. The van der Waals surface area contributed by atoms with Crippen LogP contribution in [0.4, 0.5) is 79.5 Å². The summed E-state index contributed by atoms with van der Waals surface area (Å²) >= 11 is 0. The number of nitrogens with one attached hydrogen (secondary N) is 5. The van der Waals surface area contributed by atoms with Gasteiger partial charge in [0.2, 0.25) is 17.7 Å². The second-order valence-corrected chi connectivity index (χ2v) is 34.0. The number of carbonyl (C=O) groups excluding carboxylic acids is 8. The second kappa shape index (κ2) is 39.3. The number of likely N-dealkylation sites (tertiary alicyclic amines) is 3. The van der Waals surface area contributed by atoms with Crippen molar-refractivity contribution in [1.29, 1.82) is 5.26 Å². The van der Waals surface area contributed by atoms with Gasteiger partial charge in [-0.3, -0.25) is 63.3 Å². The van der Waals surface area contributed by atoms with Gasteiger partial charge in [-0.1, -0.05) is 5.21 Å². The summed E-state index contributed by atoms with van der Waals surface area (Å²) < 4.78 is 75.8. The SMILES string of the molecule is CN1CCC(c2ccncc2NC(=O)c2c(N)nn3cc(F)cnc23)CC1=O.Cn1ccc2c(NC(=O)c3c(N)nn4cc(F)cnc34)cncc21.Cn1nncc1-c1ccncc1NC(=O)c1c(N)nn2cc(F)cnc12.N#CC1(C(=O)N2CCC(c3ccncc3NC(=O)c3c(N)nn4cc(F)cnc34)CC2)CC1.Nc1nn2cc(F)cnc2c1C(=O)Nc1cnccc1C1CCN(C(=O)C2CC2)CC1. The number of amides is 8. The van der Waals surface area contributed by atoms with Crippen molar-refractivity contribution in [3.8, 4) is 17.3 Å². The largest absolute Gasteiger partial charge is 0.381 e. The van der Waals surface area contributed by atoms with Crippen LogP contribution in [0.5, 0.6) is 0 Å². The number of nitrogens with two attached hydrogens (primary N) is 5. The van der Waals surface area contributed by atoms with Gasteiger partial charge in [-0.15, -0.1) is 30.6 Å². The molecule has 0 radical (unpaired) electrons. The van der Waals surface area contributed by atoms with Gasteiger partial charge >= 0.3 is 0 Å². The summed E-state index contributed by atoms with van der Waals surface area (Å²) in [4.78, 5) is 147. The highest BCUT2D eigenvalue weighted by Crippen LogP contribution is 2.48. The third kappa shape index (κ3) is 19.4. The van der Waals surface area contributed by atoms with E-state index in [9.17, 15) is 65.6 Å². The molecule has 0 aromatic carbocycles. The van der Waals surface area contributed by atoms with Crippen LogP contribution in [0.2, 0.25) is 0 Å². The lowest BCUT2D eigenvalue weighted by atomic mass is 9.88. The van der Waals surface area contributed by atoms with Crippen molar-refractivity contribution in [2.45, 2.75) is 82.0 Å². The Bertz CT molecular complexity index is 7900. The van der Waals surface area contributed by atoms with E-state index < -0.39 is 64.0 Å². The number of nitrogen functional groups attached to an aromatic ring is 5. The summed E-state index contributed by atoms with van der Waals surface area (Å²) in [5, 5.41) is 51.6. The molecule has 1 unspecified atom stereocenters. The number of nitrogens with zero attached hydrogens (tertiary/aromatic N) is 28. The zero-order valence-corrected chi connectivity index (χ0v) is 75.6. The van der Waals surface area contributed by atoms with Gasteiger partial charge in [-0.25, -0.2) is 74.1 Å². The van der Waals surface area contributed by atoms with Crippen molar-refractivity contribution >= 4 is 144 Å². The average Bonchev–Trinajstić information content (AvgIpc) is 1.62. The van der Waals surface area contributed by atoms with Crippen molar-refractivity contribution in [3.05, 3.63) is 240 Å². The van der Waals surface area contributed by atoms with Gasteiger partial charge in [0.25, 0.3) is 29.5 Å². The molecule has 46 nitrogen and oxygen atoms in total. The quantitative estimate of drug-likeness (QED) is 0.0407. The molecule has 20 heterocycles. The van der Waals surface area contributed by atoms with Crippen LogP contribution in [-0.2, 0) is 28.5 Å².